The number of aryl methyl sites for hydroxylation is 1. The second kappa shape index (κ2) is 10.1. The van der Waals surface area contributed by atoms with Crippen LogP contribution in [0.5, 0.6) is 0 Å². The largest absolute Gasteiger partial charge is 0.391 e. The normalized spacial score (nSPS) is 24.4. The molecule has 3 N–H and O–H groups in total. The molecule has 3 heterocycles. The fourth-order valence-electron chi connectivity index (χ4n) is 4.84. The van der Waals surface area contributed by atoms with Gasteiger partial charge in [0.1, 0.15) is 17.4 Å². The summed E-state index contributed by atoms with van der Waals surface area (Å²) in [6, 6.07) is 6.36. The first-order valence-corrected chi connectivity index (χ1v) is 13.4. The molecule has 194 valence electrons. The molecule has 1 fully saturated rings. The average Bonchev–Trinajstić information content (AvgIpc) is 3.53. The number of carbonyl (C=O) groups excluding carboxylic acids is 3. The molecule has 0 spiro atoms. The van der Waals surface area contributed by atoms with Gasteiger partial charge in [0.15, 0.2) is 13.0 Å². The molecular weight excluding hydrogens is 488 g/mol. The molecule has 3 unspecified atom stereocenters. The Morgan fingerprint density at radius 2 is 2.00 bits per heavy atom. The van der Waals surface area contributed by atoms with Crippen molar-refractivity contribution in [1.29, 1.82) is 0 Å². The molecule has 37 heavy (non-hydrogen) atoms. The van der Waals surface area contributed by atoms with Crippen LogP contribution in [0, 0.1) is 12.3 Å². The molecule has 12 heteroatoms. The van der Waals surface area contributed by atoms with Crippen LogP contribution in [0.1, 0.15) is 45.4 Å². The number of aliphatic hydroxyl groups excluding tert-OH is 1. The number of nitrogens with zero attached hydrogens (tertiary/aromatic N) is 3. The van der Waals surface area contributed by atoms with Crippen LogP contribution in [0.3, 0.4) is 0 Å². The third-order valence-corrected chi connectivity index (χ3v) is 8.09. The number of aromatic nitrogens is 1. The summed E-state index contributed by atoms with van der Waals surface area (Å²) in [5.74, 6) is -0.523. The number of likely N-dealkylation sites (tertiary alicyclic amines) is 1. The Bertz CT molecular complexity index is 1240. The zero-order chi connectivity index (χ0) is 27.1. The number of aliphatic hydroxyl groups is 1. The Morgan fingerprint density at radius 1 is 1.32 bits per heavy atom. The number of hydrogen-bond donors (Lipinski definition) is 3. The van der Waals surface area contributed by atoms with E-state index in [4.69, 9.17) is 0 Å². The van der Waals surface area contributed by atoms with Gasteiger partial charge in [0.2, 0.25) is 5.91 Å². The van der Waals surface area contributed by atoms with Gasteiger partial charge in [-0.25, -0.2) is 4.98 Å². The van der Waals surface area contributed by atoms with Crippen molar-refractivity contribution in [2.45, 2.75) is 64.8 Å². The molecule has 2 aliphatic rings. The quantitative estimate of drug-likeness (QED) is 0.487. The van der Waals surface area contributed by atoms with Crippen LogP contribution in [-0.4, -0.2) is 78.1 Å². The summed E-state index contributed by atoms with van der Waals surface area (Å²) in [5, 5.41) is 16.6. The summed E-state index contributed by atoms with van der Waals surface area (Å²) >= 11 is 1.57. The Kier molecular flexibility index (Phi) is 7.36. The van der Waals surface area contributed by atoms with Crippen molar-refractivity contribution in [3.63, 3.8) is 0 Å². The van der Waals surface area contributed by atoms with Gasteiger partial charge in [0, 0.05) is 13.0 Å². The Hall–Kier alpha value is -2.98. The predicted molar refractivity (Wildman–Crippen MR) is 149 cm³/mol. The molecule has 0 bridgehead atoms. The summed E-state index contributed by atoms with van der Waals surface area (Å²) in [7, 11) is 1.99. The van der Waals surface area contributed by atoms with Gasteiger partial charge in [-0.15, -0.1) is 11.3 Å². The van der Waals surface area contributed by atoms with Gasteiger partial charge in [-0.1, -0.05) is 45.0 Å². The Labute approximate surface area is 222 Å². The van der Waals surface area contributed by atoms with E-state index in [0.717, 1.165) is 21.7 Å². The lowest BCUT2D eigenvalue weighted by molar-refractivity contribution is -0.136. The third kappa shape index (κ3) is 5.22. The molecule has 4 atom stereocenters. The first-order chi connectivity index (χ1) is 17.3. The predicted octanol–water partition coefficient (Wildman–Crippen LogP) is 0.933. The fraction of sp³-hybridized carbons (Fsp3) is 0.480. The van der Waals surface area contributed by atoms with Crippen LogP contribution >= 0.6 is 11.3 Å². The number of hydrogen-bond acceptors (Lipinski definition) is 7. The highest BCUT2D eigenvalue weighted by molar-refractivity contribution is 7.13. The fourth-order valence-corrected chi connectivity index (χ4v) is 5.65. The summed E-state index contributed by atoms with van der Waals surface area (Å²) in [5.41, 5.74) is 2.89. The number of rotatable bonds is 6. The number of nitrogens with one attached hydrogen (secondary N) is 2. The lowest BCUT2D eigenvalue weighted by Crippen LogP contribution is -2.58. The second-order valence-electron chi connectivity index (χ2n) is 11.0. The summed E-state index contributed by atoms with van der Waals surface area (Å²) in [6.07, 6.45) is -0.506. The van der Waals surface area contributed by atoms with Crippen LogP contribution in [-0.2, 0) is 15.1 Å². The monoisotopic (exact) mass is 521 g/mol. The van der Waals surface area contributed by atoms with Gasteiger partial charge >= 0.3 is 0 Å². The molecule has 2 aliphatic heterocycles. The molecule has 1 aromatic carbocycles. The van der Waals surface area contributed by atoms with Gasteiger partial charge in [0.05, 0.1) is 36.0 Å². The van der Waals surface area contributed by atoms with Crippen molar-refractivity contribution in [2.24, 2.45) is 10.4 Å². The Balaban J connectivity index is 1.57. The van der Waals surface area contributed by atoms with E-state index >= 15 is 0 Å². The van der Waals surface area contributed by atoms with E-state index in [1.165, 1.54) is 4.90 Å². The maximum absolute atomic E-state index is 13.7. The molecule has 4 rings (SSSR count). The summed E-state index contributed by atoms with van der Waals surface area (Å²) in [6.45, 7) is 9.50. The first kappa shape index (κ1) is 27.1. The van der Waals surface area contributed by atoms with Crippen LogP contribution < -0.4 is 10.6 Å². The topological polar surface area (TPSA) is 124 Å². The van der Waals surface area contributed by atoms with E-state index in [2.05, 4.69) is 20.6 Å². The van der Waals surface area contributed by atoms with Crippen molar-refractivity contribution in [2.75, 3.05) is 6.54 Å². The zero-order valence-corrected chi connectivity index (χ0v) is 23.0. The summed E-state index contributed by atoms with van der Waals surface area (Å²) in [4.78, 5) is 50.3. The molecule has 9 nitrogen and oxygen atoms in total. The van der Waals surface area contributed by atoms with Gasteiger partial charge in [-0.2, -0.15) is 4.99 Å². The maximum atomic E-state index is 13.7. The molecular formula is C25H33B2N5O4S. The smallest absolute Gasteiger partial charge is 0.277 e. The van der Waals surface area contributed by atoms with Gasteiger partial charge in [-0.05, 0) is 30.4 Å². The highest BCUT2D eigenvalue weighted by Crippen LogP contribution is 2.34. The molecule has 3 amide bonds. The van der Waals surface area contributed by atoms with Crippen molar-refractivity contribution in [3.05, 3.63) is 41.0 Å². The molecule has 0 radical (unpaired) electrons. The molecule has 1 aromatic heterocycles. The van der Waals surface area contributed by atoms with Crippen molar-refractivity contribution < 1.29 is 19.5 Å². The van der Waals surface area contributed by atoms with Gasteiger partial charge in [0.25, 0.3) is 5.91 Å². The minimum atomic E-state index is -1.10. The lowest BCUT2D eigenvalue weighted by Gasteiger charge is -2.36. The first-order valence-electron chi connectivity index (χ1n) is 12.5. The number of amides is 3. The van der Waals surface area contributed by atoms with Gasteiger partial charge < -0.3 is 20.6 Å². The van der Waals surface area contributed by atoms with Crippen molar-refractivity contribution in [1.82, 2.24) is 20.5 Å². The minimum Gasteiger partial charge on any atom is -0.391 e. The minimum absolute atomic E-state index is 0.104. The number of benzene rings is 1. The second-order valence-corrected chi connectivity index (χ2v) is 11.9. The maximum Gasteiger partial charge on any atom is 0.277 e. The third-order valence-electron chi connectivity index (χ3n) is 7.11. The van der Waals surface area contributed by atoms with E-state index < -0.39 is 29.1 Å². The highest BCUT2D eigenvalue weighted by Gasteiger charge is 2.49. The lowest BCUT2D eigenvalue weighted by atomic mass is 9.55. The van der Waals surface area contributed by atoms with E-state index in [0.29, 0.717) is 5.84 Å². The van der Waals surface area contributed by atoms with Crippen LogP contribution in [0.15, 0.2) is 34.8 Å². The number of amidine groups is 1. The molecule has 2 aromatic rings. The van der Waals surface area contributed by atoms with Gasteiger partial charge in [-0.3, -0.25) is 14.4 Å². The number of carbonyl (C=O) groups is 3. The summed E-state index contributed by atoms with van der Waals surface area (Å²) < 4.78 is 0. The molecule has 1 saturated heterocycles. The number of thiazole rings is 1. The molecule has 0 aliphatic carbocycles. The Morgan fingerprint density at radius 3 is 2.57 bits per heavy atom. The van der Waals surface area contributed by atoms with E-state index in [1.54, 1.807) is 26.0 Å². The van der Waals surface area contributed by atoms with Crippen LogP contribution in [0.25, 0.3) is 10.4 Å². The SMILES string of the molecule is BBC(=O)NC(C(=O)N1CC(O)CC1C1=NC(=O)[C@@](C)(c2ccc(-c3scnc3C)cc2)N1)C(C)(C)C. The molecule has 0 saturated carbocycles. The number of aliphatic imine (C=N–C) groups is 1. The zero-order valence-electron chi connectivity index (χ0n) is 22.2. The van der Waals surface area contributed by atoms with Crippen molar-refractivity contribution >= 4 is 49.7 Å². The standard InChI is InChI=1S/C25H33B2N5O4S/c1-13-18(37-12-28-13)14-6-8-15(9-7-14)25(5)22(35)30-20(31-25)17-10-16(33)11-32(17)21(34)19(24(2,3)4)29-23(36)27-26/h6-9,12,16-17,19,27,33H,10-11,26H2,1-5H3,(H,29,36)(H,30,31,35)/t16?,17?,19?,25-/m1/s1. The van der Waals surface area contributed by atoms with Crippen LogP contribution in [0.2, 0.25) is 0 Å². The highest BCUT2D eigenvalue weighted by atomic mass is 32.1. The van der Waals surface area contributed by atoms with Crippen molar-refractivity contribution in [3.8, 4) is 10.4 Å². The average molecular weight is 521 g/mol. The van der Waals surface area contributed by atoms with E-state index in [-0.39, 0.29) is 37.8 Å². The van der Waals surface area contributed by atoms with Crippen LogP contribution in [0.4, 0.5) is 4.79 Å². The van der Waals surface area contributed by atoms with E-state index in [9.17, 15) is 19.5 Å². The number of β-amino-alcohol motifs (C(OH)–C–C–N with tert-alkyl or cyclic N) is 1. The van der Waals surface area contributed by atoms with E-state index in [1.807, 2.05) is 57.5 Å².